The summed E-state index contributed by atoms with van der Waals surface area (Å²) >= 11 is 0. The summed E-state index contributed by atoms with van der Waals surface area (Å²) in [7, 11) is 0. The molecule has 0 N–H and O–H groups in total. The highest BCUT2D eigenvalue weighted by atomic mass is 16.7. The van der Waals surface area contributed by atoms with Gasteiger partial charge in [-0.3, -0.25) is 4.79 Å². The Hall–Kier alpha value is -1.58. The summed E-state index contributed by atoms with van der Waals surface area (Å²) in [6.07, 6.45) is 14.3. The van der Waals surface area contributed by atoms with E-state index in [2.05, 4.69) is 26.0 Å². The molecule has 4 aliphatic rings. The molecule has 27 heavy (non-hydrogen) atoms. The molecule has 0 heterocycles. The van der Waals surface area contributed by atoms with Crippen molar-refractivity contribution in [3.8, 4) is 0 Å². The van der Waals surface area contributed by atoms with Gasteiger partial charge in [0.1, 0.15) is 0 Å². The van der Waals surface area contributed by atoms with E-state index in [9.17, 15) is 9.59 Å². The van der Waals surface area contributed by atoms with E-state index in [1.165, 1.54) is 44.6 Å². The lowest BCUT2D eigenvalue weighted by atomic mass is 9.48. The molecule has 0 amide bonds. The van der Waals surface area contributed by atoms with Crippen LogP contribution in [-0.4, -0.2) is 18.7 Å². The average Bonchev–Trinajstić information content (AvgIpc) is 3.02. The van der Waals surface area contributed by atoms with Crippen LogP contribution in [0.5, 0.6) is 0 Å². The standard InChI is InChI=1S/C23H32O4/c1-15(24)26-14-27-21(25)16-8-12-23(3)17(13-16)6-7-18-19-5-4-10-22(19,2)11-9-20(18)23/h6,13,18-20H,4-5,7-12,14H2,1-3H3/t18-,19-,20-,22-,23-/m0/s1. The molecule has 2 saturated carbocycles. The van der Waals surface area contributed by atoms with Crippen LogP contribution in [0.4, 0.5) is 0 Å². The summed E-state index contributed by atoms with van der Waals surface area (Å²) in [5.41, 5.74) is 2.80. The van der Waals surface area contributed by atoms with Crippen molar-refractivity contribution in [2.45, 2.75) is 72.1 Å². The van der Waals surface area contributed by atoms with E-state index in [0.717, 1.165) is 37.0 Å². The van der Waals surface area contributed by atoms with Crippen LogP contribution in [0.15, 0.2) is 23.3 Å². The molecule has 0 radical (unpaired) electrons. The maximum Gasteiger partial charge on any atom is 0.336 e. The van der Waals surface area contributed by atoms with Gasteiger partial charge in [0.15, 0.2) is 0 Å². The Morgan fingerprint density at radius 3 is 2.70 bits per heavy atom. The normalized spacial score (nSPS) is 40.0. The fourth-order valence-electron chi connectivity index (χ4n) is 6.74. The Morgan fingerprint density at radius 1 is 1.11 bits per heavy atom. The lowest BCUT2D eigenvalue weighted by Crippen LogP contribution is -2.48. The molecular formula is C23H32O4. The molecule has 0 bridgehead atoms. The Labute approximate surface area is 162 Å². The predicted molar refractivity (Wildman–Crippen MR) is 103 cm³/mol. The van der Waals surface area contributed by atoms with Gasteiger partial charge in [0.25, 0.3) is 0 Å². The SMILES string of the molecule is CC(=O)OCOC(=O)C1=CC2=CC[C@H]3[C@@H]4CCC[C@@]4(C)CC[C@@H]3[C@@]2(C)CC1. The minimum Gasteiger partial charge on any atom is -0.428 e. The van der Waals surface area contributed by atoms with Gasteiger partial charge in [-0.25, -0.2) is 4.79 Å². The molecule has 4 nitrogen and oxygen atoms in total. The highest BCUT2D eigenvalue weighted by molar-refractivity contribution is 5.89. The molecule has 0 aromatic rings. The van der Waals surface area contributed by atoms with E-state index in [4.69, 9.17) is 9.47 Å². The van der Waals surface area contributed by atoms with Gasteiger partial charge in [-0.15, -0.1) is 0 Å². The first-order valence-corrected chi connectivity index (χ1v) is 10.6. The van der Waals surface area contributed by atoms with Crippen LogP contribution in [0, 0.1) is 28.6 Å². The number of esters is 2. The topological polar surface area (TPSA) is 52.6 Å². The molecule has 148 valence electrons. The van der Waals surface area contributed by atoms with Gasteiger partial charge >= 0.3 is 11.9 Å². The van der Waals surface area contributed by atoms with Crippen LogP contribution in [-0.2, 0) is 19.1 Å². The Bertz CT molecular complexity index is 705. The van der Waals surface area contributed by atoms with Crippen molar-refractivity contribution < 1.29 is 19.1 Å². The predicted octanol–water partition coefficient (Wildman–Crippen LogP) is 4.94. The maximum absolute atomic E-state index is 12.3. The molecule has 0 aliphatic heterocycles. The molecule has 0 spiro atoms. The van der Waals surface area contributed by atoms with Crippen molar-refractivity contribution in [3.63, 3.8) is 0 Å². The number of carbonyl (C=O) groups excluding carboxylic acids is 2. The molecule has 0 unspecified atom stereocenters. The second-order valence-corrected chi connectivity index (χ2v) is 9.63. The van der Waals surface area contributed by atoms with Crippen molar-refractivity contribution in [1.29, 1.82) is 0 Å². The number of rotatable bonds is 3. The highest BCUT2D eigenvalue weighted by Crippen LogP contribution is 2.64. The zero-order chi connectivity index (χ0) is 19.2. The summed E-state index contributed by atoms with van der Waals surface area (Å²) in [6.45, 7) is 5.96. The largest absolute Gasteiger partial charge is 0.428 e. The van der Waals surface area contributed by atoms with E-state index in [1.54, 1.807) is 0 Å². The third kappa shape index (κ3) is 3.15. The van der Waals surface area contributed by atoms with Crippen molar-refractivity contribution in [3.05, 3.63) is 23.3 Å². The maximum atomic E-state index is 12.3. The quantitative estimate of drug-likeness (QED) is 0.520. The van der Waals surface area contributed by atoms with Crippen LogP contribution in [0.25, 0.3) is 0 Å². The molecule has 0 aromatic carbocycles. The first kappa shape index (κ1) is 18.8. The first-order chi connectivity index (χ1) is 12.8. The minimum absolute atomic E-state index is 0.187. The van der Waals surface area contributed by atoms with Crippen LogP contribution in [0.1, 0.15) is 72.1 Å². The fourth-order valence-corrected chi connectivity index (χ4v) is 6.74. The van der Waals surface area contributed by atoms with Gasteiger partial charge in [0.2, 0.25) is 6.79 Å². The summed E-state index contributed by atoms with van der Waals surface area (Å²) in [5, 5.41) is 0. The van der Waals surface area contributed by atoms with Crippen LogP contribution in [0.2, 0.25) is 0 Å². The summed E-state index contributed by atoms with van der Waals surface area (Å²) in [5.74, 6) is 1.64. The highest BCUT2D eigenvalue weighted by Gasteiger charge is 2.55. The van der Waals surface area contributed by atoms with E-state index in [-0.39, 0.29) is 18.2 Å². The minimum atomic E-state index is -0.440. The molecule has 2 fully saturated rings. The van der Waals surface area contributed by atoms with Gasteiger partial charge in [-0.05, 0) is 85.2 Å². The van der Waals surface area contributed by atoms with E-state index in [0.29, 0.717) is 11.0 Å². The summed E-state index contributed by atoms with van der Waals surface area (Å²) in [4.78, 5) is 23.2. The van der Waals surface area contributed by atoms with Gasteiger partial charge in [-0.1, -0.05) is 26.3 Å². The van der Waals surface area contributed by atoms with E-state index >= 15 is 0 Å². The van der Waals surface area contributed by atoms with Gasteiger partial charge in [0, 0.05) is 12.5 Å². The van der Waals surface area contributed by atoms with Crippen LogP contribution >= 0.6 is 0 Å². The second-order valence-electron chi connectivity index (χ2n) is 9.63. The number of hydrogen-bond donors (Lipinski definition) is 0. The third-order valence-electron chi connectivity index (χ3n) is 8.26. The van der Waals surface area contributed by atoms with Crippen LogP contribution in [0.3, 0.4) is 0 Å². The number of hydrogen-bond acceptors (Lipinski definition) is 4. The Morgan fingerprint density at radius 2 is 1.93 bits per heavy atom. The summed E-state index contributed by atoms with van der Waals surface area (Å²) < 4.78 is 9.83. The lowest BCUT2D eigenvalue weighted by molar-refractivity contribution is -0.163. The van der Waals surface area contributed by atoms with Crippen molar-refractivity contribution in [2.24, 2.45) is 28.6 Å². The van der Waals surface area contributed by atoms with Crippen molar-refractivity contribution in [2.75, 3.05) is 6.79 Å². The molecule has 4 aliphatic carbocycles. The number of carbonyl (C=O) groups is 2. The number of allylic oxidation sites excluding steroid dienone is 3. The van der Waals surface area contributed by atoms with Crippen molar-refractivity contribution in [1.82, 2.24) is 0 Å². The molecule has 5 atom stereocenters. The third-order valence-corrected chi connectivity index (χ3v) is 8.26. The molecular weight excluding hydrogens is 340 g/mol. The average molecular weight is 373 g/mol. The molecule has 4 rings (SSSR count). The van der Waals surface area contributed by atoms with Crippen LogP contribution < -0.4 is 0 Å². The second kappa shape index (κ2) is 6.79. The van der Waals surface area contributed by atoms with E-state index < -0.39 is 5.97 Å². The molecule has 0 saturated heterocycles. The van der Waals surface area contributed by atoms with Gasteiger partial charge in [0.05, 0.1) is 0 Å². The number of ether oxygens (including phenoxy) is 2. The van der Waals surface area contributed by atoms with Gasteiger partial charge < -0.3 is 9.47 Å². The number of fused-ring (bicyclic) bond motifs is 5. The Balaban J connectivity index is 1.52. The zero-order valence-electron chi connectivity index (χ0n) is 16.9. The van der Waals surface area contributed by atoms with Gasteiger partial charge in [-0.2, -0.15) is 0 Å². The fraction of sp³-hybridized carbons (Fsp3) is 0.739. The Kier molecular flexibility index (Phi) is 4.72. The molecule has 4 heteroatoms. The smallest absolute Gasteiger partial charge is 0.336 e. The zero-order valence-corrected chi connectivity index (χ0v) is 16.9. The first-order valence-electron chi connectivity index (χ1n) is 10.6. The monoisotopic (exact) mass is 372 g/mol. The molecule has 0 aromatic heterocycles. The lowest BCUT2D eigenvalue weighted by Gasteiger charge is -2.56. The van der Waals surface area contributed by atoms with E-state index in [1.807, 2.05) is 0 Å². The van der Waals surface area contributed by atoms with Crippen molar-refractivity contribution >= 4 is 11.9 Å². The summed E-state index contributed by atoms with van der Waals surface area (Å²) in [6, 6.07) is 0.